The van der Waals surface area contributed by atoms with Gasteiger partial charge in [-0.25, -0.2) is 8.78 Å². The SMILES string of the molecule is CC(C)NCc1ccc(OCC(F)F)cn1. The summed E-state index contributed by atoms with van der Waals surface area (Å²) in [7, 11) is 0. The summed E-state index contributed by atoms with van der Waals surface area (Å²) < 4.78 is 28.5. The fourth-order valence-corrected chi connectivity index (χ4v) is 1.07. The lowest BCUT2D eigenvalue weighted by atomic mass is 10.3. The molecule has 16 heavy (non-hydrogen) atoms. The molecule has 0 aliphatic carbocycles. The molecule has 1 aromatic rings. The predicted octanol–water partition coefficient (Wildman–Crippen LogP) is 2.22. The van der Waals surface area contributed by atoms with Gasteiger partial charge in [0.15, 0.2) is 0 Å². The van der Waals surface area contributed by atoms with E-state index in [-0.39, 0.29) is 0 Å². The summed E-state index contributed by atoms with van der Waals surface area (Å²) in [6.45, 7) is 4.15. The molecule has 0 saturated heterocycles. The van der Waals surface area contributed by atoms with Crippen molar-refractivity contribution in [3.63, 3.8) is 0 Å². The Hall–Kier alpha value is -1.23. The molecule has 0 spiro atoms. The fourth-order valence-electron chi connectivity index (χ4n) is 1.07. The van der Waals surface area contributed by atoms with Crippen molar-refractivity contribution in [3.05, 3.63) is 24.0 Å². The molecule has 0 aliphatic rings. The summed E-state index contributed by atoms with van der Waals surface area (Å²) in [5, 5.41) is 3.21. The Morgan fingerprint density at radius 3 is 2.62 bits per heavy atom. The number of nitrogens with one attached hydrogen (secondary N) is 1. The number of alkyl halides is 2. The van der Waals surface area contributed by atoms with Gasteiger partial charge in [-0.15, -0.1) is 0 Å². The van der Waals surface area contributed by atoms with Crippen LogP contribution in [0.5, 0.6) is 5.75 Å². The molecular formula is C11H16F2N2O. The van der Waals surface area contributed by atoms with Crippen LogP contribution in [0.1, 0.15) is 19.5 Å². The quantitative estimate of drug-likeness (QED) is 0.813. The van der Waals surface area contributed by atoms with Gasteiger partial charge in [-0.3, -0.25) is 4.98 Å². The highest BCUT2D eigenvalue weighted by Gasteiger charge is 2.03. The minimum atomic E-state index is -2.46. The Kier molecular flexibility index (Phi) is 5.11. The molecule has 1 N–H and O–H groups in total. The van der Waals surface area contributed by atoms with Gasteiger partial charge in [0.2, 0.25) is 0 Å². The van der Waals surface area contributed by atoms with Crippen LogP contribution in [0, 0.1) is 0 Å². The average molecular weight is 230 g/mol. The second kappa shape index (κ2) is 6.37. The molecule has 1 aromatic heterocycles. The van der Waals surface area contributed by atoms with Crippen LogP contribution in [-0.2, 0) is 6.54 Å². The Morgan fingerprint density at radius 1 is 1.38 bits per heavy atom. The number of aromatic nitrogens is 1. The first-order chi connectivity index (χ1) is 7.58. The standard InChI is InChI=1S/C11H16F2N2O/c1-8(2)14-5-9-3-4-10(6-15-9)16-7-11(12)13/h3-4,6,8,11,14H,5,7H2,1-2H3. The van der Waals surface area contributed by atoms with Crippen molar-refractivity contribution in [2.45, 2.75) is 32.9 Å². The van der Waals surface area contributed by atoms with Crippen LogP contribution in [-0.4, -0.2) is 24.1 Å². The van der Waals surface area contributed by atoms with Crippen LogP contribution < -0.4 is 10.1 Å². The molecule has 1 rings (SSSR count). The molecule has 0 fully saturated rings. The van der Waals surface area contributed by atoms with E-state index in [0.29, 0.717) is 18.3 Å². The van der Waals surface area contributed by atoms with E-state index in [0.717, 1.165) is 5.69 Å². The first-order valence-corrected chi connectivity index (χ1v) is 5.17. The van der Waals surface area contributed by atoms with Gasteiger partial charge in [0.25, 0.3) is 6.43 Å². The molecule has 1 heterocycles. The molecule has 0 amide bonds. The van der Waals surface area contributed by atoms with Crippen LogP contribution in [0.2, 0.25) is 0 Å². The summed E-state index contributed by atoms with van der Waals surface area (Å²) in [4.78, 5) is 4.10. The predicted molar refractivity (Wildman–Crippen MR) is 57.7 cm³/mol. The number of hydrogen-bond donors (Lipinski definition) is 1. The van der Waals surface area contributed by atoms with E-state index in [9.17, 15) is 8.78 Å². The monoisotopic (exact) mass is 230 g/mol. The van der Waals surface area contributed by atoms with E-state index in [1.165, 1.54) is 6.20 Å². The van der Waals surface area contributed by atoms with Gasteiger partial charge >= 0.3 is 0 Å². The molecule has 90 valence electrons. The third kappa shape index (κ3) is 5.02. The van der Waals surface area contributed by atoms with Gasteiger partial charge in [-0.1, -0.05) is 13.8 Å². The average Bonchev–Trinajstić information content (AvgIpc) is 2.25. The topological polar surface area (TPSA) is 34.1 Å². The van der Waals surface area contributed by atoms with E-state index in [2.05, 4.69) is 10.3 Å². The Labute approximate surface area is 93.8 Å². The van der Waals surface area contributed by atoms with Crippen molar-refractivity contribution in [1.82, 2.24) is 10.3 Å². The number of hydrogen-bond acceptors (Lipinski definition) is 3. The maximum absolute atomic E-state index is 11.9. The molecule has 3 nitrogen and oxygen atoms in total. The minimum absolute atomic E-state index is 0.369. The van der Waals surface area contributed by atoms with Gasteiger partial charge in [-0.05, 0) is 12.1 Å². The first-order valence-electron chi connectivity index (χ1n) is 5.17. The Balaban J connectivity index is 2.41. The van der Waals surface area contributed by atoms with Crippen molar-refractivity contribution < 1.29 is 13.5 Å². The molecular weight excluding hydrogens is 214 g/mol. The van der Waals surface area contributed by atoms with Gasteiger partial charge < -0.3 is 10.1 Å². The second-order valence-electron chi connectivity index (χ2n) is 3.72. The summed E-state index contributed by atoms with van der Waals surface area (Å²) in [5.41, 5.74) is 0.859. The van der Waals surface area contributed by atoms with E-state index in [1.807, 2.05) is 13.8 Å². The molecule has 0 bridgehead atoms. The van der Waals surface area contributed by atoms with E-state index >= 15 is 0 Å². The summed E-state index contributed by atoms with van der Waals surface area (Å²) in [6, 6.07) is 3.79. The number of ether oxygens (including phenoxy) is 1. The van der Waals surface area contributed by atoms with Gasteiger partial charge in [0.05, 0.1) is 11.9 Å². The number of halogens is 2. The molecule has 0 aliphatic heterocycles. The highest BCUT2D eigenvalue weighted by Crippen LogP contribution is 2.10. The molecule has 0 radical (unpaired) electrons. The maximum Gasteiger partial charge on any atom is 0.272 e. The van der Waals surface area contributed by atoms with Crippen LogP contribution in [0.15, 0.2) is 18.3 Å². The van der Waals surface area contributed by atoms with Crippen LogP contribution in [0.3, 0.4) is 0 Å². The molecule has 0 aromatic carbocycles. The molecule has 0 unspecified atom stereocenters. The summed E-state index contributed by atoms with van der Waals surface area (Å²) in [6.07, 6.45) is -0.998. The van der Waals surface area contributed by atoms with Crippen LogP contribution in [0.25, 0.3) is 0 Å². The number of nitrogens with zero attached hydrogens (tertiary/aromatic N) is 1. The summed E-state index contributed by atoms with van der Waals surface area (Å²) in [5.74, 6) is 0.369. The van der Waals surface area contributed by atoms with E-state index < -0.39 is 13.0 Å². The fraction of sp³-hybridized carbons (Fsp3) is 0.545. The highest BCUT2D eigenvalue weighted by atomic mass is 19.3. The smallest absolute Gasteiger partial charge is 0.272 e. The molecule has 0 atom stereocenters. The Bertz CT molecular complexity index is 270. The third-order valence-electron chi connectivity index (χ3n) is 1.87. The first kappa shape index (κ1) is 12.8. The third-order valence-corrected chi connectivity index (χ3v) is 1.87. The second-order valence-corrected chi connectivity index (χ2v) is 3.72. The zero-order valence-electron chi connectivity index (χ0n) is 9.41. The lowest BCUT2D eigenvalue weighted by Crippen LogP contribution is -2.22. The van der Waals surface area contributed by atoms with E-state index in [1.54, 1.807) is 12.1 Å². The summed E-state index contributed by atoms with van der Waals surface area (Å²) >= 11 is 0. The zero-order chi connectivity index (χ0) is 12.0. The maximum atomic E-state index is 11.9. The molecule has 0 saturated carbocycles. The van der Waals surface area contributed by atoms with Gasteiger partial charge in [0, 0.05) is 12.6 Å². The van der Waals surface area contributed by atoms with Crippen molar-refractivity contribution in [3.8, 4) is 5.75 Å². The van der Waals surface area contributed by atoms with Gasteiger partial charge in [0.1, 0.15) is 12.4 Å². The Morgan fingerprint density at radius 2 is 2.12 bits per heavy atom. The van der Waals surface area contributed by atoms with Crippen molar-refractivity contribution in [2.24, 2.45) is 0 Å². The lowest BCUT2D eigenvalue weighted by molar-refractivity contribution is 0.0817. The van der Waals surface area contributed by atoms with Crippen molar-refractivity contribution in [2.75, 3.05) is 6.61 Å². The van der Waals surface area contributed by atoms with Crippen molar-refractivity contribution in [1.29, 1.82) is 0 Å². The van der Waals surface area contributed by atoms with E-state index in [4.69, 9.17) is 4.74 Å². The number of pyridine rings is 1. The highest BCUT2D eigenvalue weighted by molar-refractivity contribution is 5.19. The van der Waals surface area contributed by atoms with Crippen LogP contribution in [0.4, 0.5) is 8.78 Å². The van der Waals surface area contributed by atoms with Crippen molar-refractivity contribution >= 4 is 0 Å². The van der Waals surface area contributed by atoms with Crippen LogP contribution >= 0.6 is 0 Å². The zero-order valence-corrected chi connectivity index (χ0v) is 9.41. The van der Waals surface area contributed by atoms with Gasteiger partial charge in [-0.2, -0.15) is 0 Å². The number of rotatable bonds is 6. The minimum Gasteiger partial charge on any atom is -0.486 e. The molecule has 5 heteroatoms. The lowest BCUT2D eigenvalue weighted by Gasteiger charge is -2.08. The normalized spacial score (nSPS) is 11.1. The largest absolute Gasteiger partial charge is 0.486 e.